The highest BCUT2D eigenvalue weighted by Gasteiger charge is 2.30. The molecule has 1 aliphatic heterocycles. The van der Waals surface area contributed by atoms with Gasteiger partial charge in [-0.3, -0.25) is 9.59 Å². The largest absolute Gasteiger partial charge is 0.356 e. The summed E-state index contributed by atoms with van der Waals surface area (Å²) in [6.45, 7) is 4.08. The lowest BCUT2D eigenvalue weighted by atomic mass is 9.97. The molecule has 1 N–H and O–H groups in total. The molecule has 1 unspecified atom stereocenters. The van der Waals surface area contributed by atoms with Crippen LogP contribution in [0, 0.1) is 11.8 Å². The summed E-state index contributed by atoms with van der Waals surface area (Å²) in [6, 6.07) is 0. The van der Waals surface area contributed by atoms with Crippen LogP contribution in [0.15, 0.2) is 4.52 Å². The molecule has 25 heavy (non-hydrogen) atoms. The van der Waals surface area contributed by atoms with E-state index in [1.807, 2.05) is 0 Å². The summed E-state index contributed by atoms with van der Waals surface area (Å²) in [5, 5.41) is 6.95. The number of carbonyl (C=O) groups is 2. The van der Waals surface area contributed by atoms with Crippen LogP contribution in [0.2, 0.25) is 0 Å². The Kier molecular flexibility index (Phi) is 6.04. The summed E-state index contributed by atoms with van der Waals surface area (Å²) in [5.74, 6) is 1.66. The minimum Gasteiger partial charge on any atom is -0.356 e. The number of amides is 2. The Hall–Kier alpha value is -1.92. The second kappa shape index (κ2) is 8.45. The number of rotatable bonds is 8. The van der Waals surface area contributed by atoms with Gasteiger partial charge < -0.3 is 14.7 Å². The van der Waals surface area contributed by atoms with E-state index < -0.39 is 0 Å². The van der Waals surface area contributed by atoms with Crippen LogP contribution in [0.1, 0.15) is 57.2 Å². The number of hydrogen-bond acceptors (Lipinski definition) is 5. The molecule has 1 aromatic rings. The Balaban J connectivity index is 1.47. The average molecular weight is 348 g/mol. The number of likely N-dealkylation sites (tertiary alicyclic amines) is 1. The van der Waals surface area contributed by atoms with Crippen molar-refractivity contribution in [2.24, 2.45) is 11.8 Å². The molecule has 0 aromatic carbocycles. The summed E-state index contributed by atoms with van der Waals surface area (Å²) < 4.78 is 5.18. The molecule has 0 spiro atoms. The molecule has 7 heteroatoms. The molecule has 3 rings (SSSR count). The Morgan fingerprint density at radius 2 is 2.16 bits per heavy atom. The molecule has 1 aromatic heterocycles. The van der Waals surface area contributed by atoms with E-state index in [-0.39, 0.29) is 24.2 Å². The Morgan fingerprint density at radius 3 is 2.92 bits per heavy atom. The van der Waals surface area contributed by atoms with Crippen molar-refractivity contribution in [3.8, 4) is 0 Å². The molecule has 1 saturated carbocycles. The summed E-state index contributed by atoms with van der Waals surface area (Å²) in [7, 11) is 0. The van der Waals surface area contributed by atoms with E-state index in [1.165, 1.54) is 12.8 Å². The zero-order valence-corrected chi connectivity index (χ0v) is 15.0. The molecule has 7 nitrogen and oxygen atoms in total. The van der Waals surface area contributed by atoms with E-state index in [4.69, 9.17) is 4.52 Å². The predicted octanol–water partition coefficient (Wildman–Crippen LogP) is 1.72. The lowest BCUT2D eigenvalue weighted by Gasteiger charge is -2.31. The maximum atomic E-state index is 12.5. The summed E-state index contributed by atoms with van der Waals surface area (Å²) in [6.07, 6.45) is 7.13. The third kappa shape index (κ3) is 5.28. The van der Waals surface area contributed by atoms with Crippen LogP contribution in [0.5, 0.6) is 0 Å². The van der Waals surface area contributed by atoms with Gasteiger partial charge in [0.1, 0.15) is 6.42 Å². The second-order valence-corrected chi connectivity index (χ2v) is 7.25. The third-order valence-electron chi connectivity index (χ3n) is 4.97. The second-order valence-electron chi connectivity index (χ2n) is 7.25. The zero-order chi connectivity index (χ0) is 17.6. The number of nitrogens with zero attached hydrogens (tertiary/aromatic N) is 3. The van der Waals surface area contributed by atoms with Crippen LogP contribution in [-0.2, 0) is 22.4 Å². The van der Waals surface area contributed by atoms with Crippen LogP contribution >= 0.6 is 0 Å². The van der Waals surface area contributed by atoms with Crippen molar-refractivity contribution >= 4 is 11.8 Å². The Bertz CT molecular complexity index is 597. The van der Waals surface area contributed by atoms with Gasteiger partial charge in [0.15, 0.2) is 5.82 Å². The first-order valence-electron chi connectivity index (χ1n) is 9.52. The van der Waals surface area contributed by atoms with E-state index in [0.29, 0.717) is 30.7 Å². The Labute approximate surface area is 148 Å². The van der Waals surface area contributed by atoms with Gasteiger partial charge in [0.05, 0.1) is 5.92 Å². The van der Waals surface area contributed by atoms with Crippen molar-refractivity contribution in [1.29, 1.82) is 0 Å². The standard InChI is InChI=1S/C18H28N4O3/c1-2-3-6-15-20-16(25-21-15)10-17(23)22-9-4-5-14(12-22)18(24)19-11-13-7-8-13/h13-14H,2-12H2,1H3,(H,19,24). The number of hydrogen-bond donors (Lipinski definition) is 1. The van der Waals surface area contributed by atoms with Crippen LogP contribution in [0.4, 0.5) is 0 Å². The fourth-order valence-corrected chi connectivity index (χ4v) is 3.17. The lowest BCUT2D eigenvalue weighted by molar-refractivity contribution is -0.135. The lowest BCUT2D eigenvalue weighted by Crippen LogP contribution is -2.46. The molecular weight excluding hydrogens is 320 g/mol. The van der Waals surface area contributed by atoms with Gasteiger partial charge in [0.2, 0.25) is 17.7 Å². The molecule has 1 saturated heterocycles. The van der Waals surface area contributed by atoms with Gasteiger partial charge in [0.25, 0.3) is 0 Å². The van der Waals surface area contributed by atoms with Crippen LogP contribution in [-0.4, -0.2) is 46.5 Å². The van der Waals surface area contributed by atoms with Gasteiger partial charge in [0, 0.05) is 26.1 Å². The maximum Gasteiger partial charge on any atom is 0.236 e. The average Bonchev–Trinajstić information content (AvgIpc) is 3.36. The van der Waals surface area contributed by atoms with E-state index >= 15 is 0 Å². The van der Waals surface area contributed by atoms with E-state index in [0.717, 1.165) is 38.6 Å². The van der Waals surface area contributed by atoms with Crippen molar-refractivity contribution in [1.82, 2.24) is 20.4 Å². The molecule has 1 aliphatic carbocycles. The first-order chi connectivity index (χ1) is 12.2. The summed E-state index contributed by atoms with van der Waals surface area (Å²) in [5.41, 5.74) is 0. The zero-order valence-electron chi connectivity index (χ0n) is 15.0. The fourth-order valence-electron chi connectivity index (χ4n) is 3.17. The molecule has 138 valence electrons. The minimum atomic E-state index is -0.0979. The van der Waals surface area contributed by atoms with Crippen molar-refractivity contribution in [3.05, 3.63) is 11.7 Å². The molecular formula is C18H28N4O3. The Morgan fingerprint density at radius 1 is 1.32 bits per heavy atom. The van der Waals surface area contributed by atoms with Crippen molar-refractivity contribution in [2.75, 3.05) is 19.6 Å². The summed E-state index contributed by atoms with van der Waals surface area (Å²) >= 11 is 0. The van der Waals surface area contributed by atoms with Crippen molar-refractivity contribution in [2.45, 2.75) is 58.3 Å². The number of unbranched alkanes of at least 4 members (excludes halogenated alkanes) is 1. The fraction of sp³-hybridized carbons (Fsp3) is 0.778. The number of nitrogens with one attached hydrogen (secondary N) is 1. The SMILES string of the molecule is CCCCc1noc(CC(=O)N2CCCC(C(=O)NCC3CC3)C2)n1. The molecule has 2 heterocycles. The number of aryl methyl sites for hydroxylation is 1. The van der Waals surface area contributed by atoms with Gasteiger partial charge >= 0.3 is 0 Å². The third-order valence-corrected chi connectivity index (χ3v) is 4.97. The smallest absolute Gasteiger partial charge is 0.236 e. The molecule has 2 aliphatic rings. The highest BCUT2D eigenvalue weighted by atomic mass is 16.5. The van der Waals surface area contributed by atoms with Gasteiger partial charge in [-0.15, -0.1) is 0 Å². The van der Waals surface area contributed by atoms with Gasteiger partial charge in [-0.25, -0.2) is 0 Å². The van der Waals surface area contributed by atoms with Crippen molar-refractivity contribution < 1.29 is 14.1 Å². The first-order valence-corrected chi connectivity index (χ1v) is 9.52. The van der Waals surface area contributed by atoms with Gasteiger partial charge in [-0.2, -0.15) is 4.98 Å². The highest BCUT2D eigenvalue weighted by Crippen LogP contribution is 2.28. The number of carbonyl (C=O) groups excluding carboxylic acids is 2. The van der Waals surface area contributed by atoms with Crippen LogP contribution in [0.3, 0.4) is 0 Å². The van der Waals surface area contributed by atoms with E-state index in [2.05, 4.69) is 22.4 Å². The molecule has 2 amide bonds. The molecule has 2 fully saturated rings. The maximum absolute atomic E-state index is 12.5. The van der Waals surface area contributed by atoms with Crippen LogP contribution in [0.25, 0.3) is 0 Å². The quantitative estimate of drug-likeness (QED) is 0.773. The summed E-state index contributed by atoms with van der Waals surface area (Å²) in [4.78, 5) is 30.8. The molecule has 1 atom stereocenters. The van der Waals surface area contributed by atoms with E-state index in [1.54, 1.807) is 4.90 Å². The first kappa shape index (κ1) is 17.9. The normalized spacial score (nSPS) is 20.5. The van der Waals surface area contributed by atoms with Crippen molar-refractivity contribution in [3.63, 3.8) is 0 Å². The van der Waals surface area contributed by atoms with Crippen LogP contribution < -0.4 is 5.32 Å². The monoisotopic (exact) mass is 348 g/mol. The molecule has 0 radical (unpaired) electrons. The topological polar surface area (TPSA) is 88.3 Å². The molecule has 0 bridgehead atoms. The number of piperidine rings is 1. The van der Waals surface area contributed by atoms with E-state index in [9.17, 15) is 9.59 Å². The predicted molar refractivity (Wildman–Crippen MR) is 91.7 cm³/mol. The van der Waals surface area contributed by atoms with Gasteiger partial charge in [-0.1, -0.05) is 18.5 Å². The highest BCUT2D eigenvalue weighted by molar-refractivity contribution is 5.82. The van der Waals surface area contributed by atoms with Gasteiger partial charge in [-0.05, 0) is 38.0 Å². The minimum absolute atomic E-state index is 0.0367. The number of aromatic nitrogens is 2.